The van der Waals surface area contributed by atoms with Gasteiger partial charge in [-0.25, -0.2) is 4.98 Å². The standard InChI is InChI=1S/C15H22N6O2/c1-9(2)21-8-17-20-13(21)5-6-16-14(22)7-12-10(3)18-11(4)19-15(12)23/h8-9H,5-7H2,1-4H3,(H,16,22)(H,18,19,23). The summed E-state index contributed by atoms with van der Waals surface area (Å²) >= 11 is 0. The lowest BCUT2D eigenvalue weighted by atomic mass is 10.1. The zero-order valence-corrected chi connectivity index (χ0v) is 13.9. The van der Waals surface area contributed by atoms with E-state index >= 15 is 0 Å². The molecule has 0 aliphatic heterocycles. The van der Waals surface area contributed by atoms with Gasteiger partial charge < -0.3 is 14.9 Å². The molecule has 0 saturated carbocycles. The Hall–Kier alpha value is -2.51. The van der Waals surface area contributed by atoms with Crippen LogP contribution in [-0.4, -0.2) is 37.2 Å². The SMILES string of the molecule is Cc1nc(C)c(CC(=O)NCCc2nncn2C(C)C)c(=O)[nH]1. The Morgan fingerprint density at radius 3 is 2.78 bits per heavy atom. The van der Waals surface area contributed by atoms with Crippen LogP contribution in [0.5, 0.6) is 0 Å². The minimum absolute atomic E-state index is 0.0192. The summed E-state index contributed by atoms with van der Waals surface area (Å²) in [5.74, 6) is 1.16. The van der Waals surface area contributed by atoms with Gasteiger partial charge in [0.05, 0.1) is 6.42 Å². The summed E-state index contributed by atoms with van der Waals surface area (Å²) in [6, 6.07) is 0.274. The number of nitrogens with one attached hydrogen (secondary N) is 2. The fourth-order valence-corrected chi connectivity index (χ4v) is 2.37. The molecule has 0 fully saturated rings. The molecule has 0 radical (unpaired) electrons. The van der Waals surface area contributed by atoms with Crippen LogP contribution in [0.4, 0.5) is 0 Å². The first-order chi connectivity index (χ1) is 10.9. The van der Waals surface area contributed by atoms with Crippen molar-refractivity contribution in [3.05, 3.63) is 39.6 Å². The largest absolute Gasteiger partial charge is 0.355 e. The molecule has 0 spiro atoms. The van der Waals surface area contributed by atoms with Crippen molar-refractivity contribution in [3.63, 3.8) is 0 Å². The maximum absolute atomic E-state index is 12.0. The summed E-state index contributed by atoms with van der Waals surface area (Å²) in [6.07, 6.45) is 2.29. The van der Waals surface area contributed by atoms with Gasteiger partial charge >= 0.3 is 0 Å². The fourth-order valence-electron chi connectivity index (χ4n) is 2.37. The van der Waals surface area contributed by atoms with Crippen molar-refractivity contribution in [1.29, 1.82) is 0 Å². The minimum atomic E-state index is -0.260. The van der Waals surface area contributed by atoms with E-state index in [0.717, 1.165) is 5.82 Å². The number of hydrogen-bond donors (Lipinski definition) is 2. The molecule has 8 heteroatoms. The first-order valence-electron chi connectivity index (χ1n) is 7.60. The van der Waals surface area contributed by atoms with Gasteiger partial charge in [-0.1, -0.05) is 0 Å². The number of amides is 1. The van der Waals surface area contributed by atoms with E-state index in [1.54, 1.807) is 20.2 Å². The Labute approximate surface area is 134 Å². The summed E-state index contributed by atoms with van der Waals surface area (Å²) in [5.41, 5.74) is 0.726. The molecule has 0 aliphatic carbocycles. The molecule has 0 saturated heterocycles. The zero-order chi connectivity index (χ0) is 17.0. The van der Waals surface area contributed by atoms with E-state index in [0.29, 0.717) is 30.0 Å². The van der Waals surface area contributed by atoms with E-state index in [9.17, 15) is 9.59 Å². The molecule has 2 N–H and O–H groups in total. The Morgan fingerprint density at radius 2 is 2.13 bits per heavy atom. The molecule has 0 atom stereocenters. The van der Waals surface area contributed by atoms with Crippen LogP contribution < -0.4 is 10.9 Å². The van der Waals surface area contributed by atoms with Crippen molar-refractivity contribution in [2.45, 2.75) is 46.6 Å². The number of rotatable bonds is 6. The van der Waals surface area contributed by atoms with E-state index in [4.69, 9.17) is 0 Å². The number of aromatic amines is 1. The summed E-state index contributed by atoms with van der Waals surface area (Å²) in [5, 5.41) is 10.7. The number of carbonyl (C=O) groups excluding carboxylic acids is 1. The third-order valence-electron chi connectivity index (χ3n) is 3.55. The van der Waals surface area contributed by atoms with Crippen LogP contribution in [-0.2, 0) is 17.6 Å². The second-order valence-corrected chi connectivity index (χ2v) is 5.74. The summed E-state index contributed by atoms with van der Waals surface area (Å²) in [6.45, 7) is 7.98. The smallest absolute Gasteiger partial charge is 0.254 e. The average Bonchev–Trinajstić information content (AvgIpc) is 2.91. The Kier molecular flexibility index (Phi) is 5.25. The highest BCUT2D eigenvalue weighted by atomic mass is 16.2. The second-order valence-electron chi connectivity index (χ2n) is 5.74. The topological polar surface area (TPSA) is 106 Å². The van der Waals surface area contributed by atoms with Gasteiger partial charge in [0.25, 0.3) is 5.56 Å². The highest BCUT2D eigenvalue weighted by Crippen LogP contribution is 2.06. The lowest BCUT2D eigenvalue weighted by Crippen LogP contribution is -2.31. The molecule has 2 aromatic rings. The lowest BCUT2D eigenvalue weighted by Gasteiger charge is -2.10. The summed E-state index contributed by atoms with van der Waals surface area (Å²) in [4.78, 5) is 30.7. The van der Waals surface area contributed by atoms with Crippen LogP contribution in [0.1, 0.15) is 42.8 Å². The first kappa shape index (κ1) is 16.9. The van der Waals surface area contributed by atoms with E-state index in [1.807, 2.05) is 18.4 Å². The Morgan fingerprint density at radius 1 is 1.39 bits per heavy atom. The predicted octanol–water partition coefficient (Wildman–Crippen LogP) is 0.461. The number of hydrogen-bond acceptors (Lipinski definition) is 5. The van der Waals surface area contributed by atoms with Crippen molar-refractivity contribution >= 4 is 5.91 Å². The summed E-state index contributed by atoms with van der Waals surface area (Å²) < 4.78 is 1.96. The van der Waals surface area contributed by atoms with Gasteiger partial charge in [0.2, 0.25) is 5.91 Å². The van der Waals surface area contributed by atoms with Crippen molar-refractivity contribution < 1.29 is 4.79 Å². The fraction of sp³-hybridized carbons (Fsp3) is 0.533. The molecule has 0 aromatic carbocycles. The lowest BCUT2D eigenvalue weighted by molar-refractivity contribution is -0.120. The van der Waals surface area contributed by atoms with Crippen molar-refractivity contribution in [1.82, 2.24) is 30.0 Å². The van der Waals surface area contributed by atoms with Crippen molar-refractivity contribution in [2.24, 2.45) is 0 Å². The zero-order valence-electron chi connectivity index (χ0n) is 13.9. The van der Waals surface area contributed by atoms with Gasteiger partial charge in [-0.05, 0) is 27.7 Å². The predicted molar refractivity (Wildman–Crippen MR) is 85.2 cm³/mol. The van der Waals surface area contributed by atoms with Gasteiger partial charge in [0, 0.05) is 30.3 Å². The van der Waals surface area contributed by atoms with Crippen LogP contribution in [0.15, 0.2) is 11.1 Å². The van der Waals surface area contributed by atoms with E-state index < -0.39 is 0 Å². The molecule has 2 aromatic heterocycles. The third-order valence-corrected chi connectivity index (χ3v) is 3.55. The number of H-pyrrole nitrogens is 1. The van der Waals surface area contributed by atoms with Crippen LogP contribution in [0.2, 0.25) is 0 Å². The molecule has 8 nitrogen and oxygen atoms in total. The highest BCUT2D eigenvalue weighted by molar-refractivity contribution is 5.78. The molecule has 23 heavy (non-hydrogen) atoms. The molecular formula is C15H22N6O2. The molecule has 2 rings (SSSR count). The van der Waals surface area contributed by atoms with Gasteiger partial charge in [-0.15, -0.1) is 10.2 Å². The van der Waals surface area contributed by atoms with Crippen LogP contribution >= 0.6 is 0 Å². The van der Waals surface area contributed by atoms with Crippen molar-refractivity contribution in [2.75, 3.05) is 6.54 Å². The molecule has 0 unspecified atom stereocenters. The Balaban J connectivity index is 1.91. The van der Waals surface area contributed by atoms with Gasteiger partial charge in [0.1, 0.15) is 18.0 Å². The average molecular weight is 318 g/mol. The molecule has 2 heterocycles. The number of aryl methyl sites for hydroxylation is 2. The monoisotopic (exact) mass is 318 g/mol. The van der Waals surface area contributed by atoms with E-state index in [2.05, 4.69) is 25.5 Å². The van der Waals surface area contributed by atoms with E-state index in [-0.39, 0.29) is 23.9 Å². The maximum atomic E-state index is 12.0. The third kappa shape index (κ3) is 4.24. The number of aromatic nitrogens is 5. The van der Waals surface area contributed by atoms with Gasteiger partial charge in [-0.2, -0.15) is 0 Å². The molecule has 124 valence electrons. The van der Waals surface area contributed by atoms with Crippen LogP contribution in [0.3, 0.4) is 0 Å². The molecule has 0 aliphatic rings. The molecular weight excluding hydrogens is 296 g/mol. The van der Waals surface area contributed by atoms with Crippen LogP contribution in [0, 0.1) is 13.8 Å². The number of nitrogens with zero attached hydrogens (tertiary/aromatic N) is 4. The normalized spacial score (nSPS) is 11.0. The second kappa shape index (κ2) is 7.17. The van der Waals surface area contributed by atoms with Gasteiger partial charge in [0.15, 0.2) is 0 Å². The quantitative estimate of drug-likeness (QED) is 0.805. The van der Waals surface area contributed by atoms with Crippen molar-refractivity contribution in [3.8, 4) is 0 Å². The molecule has 0 bridgehead atoms. The number of carbonyl (C=O) groups is 1. The maximum Gasteiger partial charge on any atom is 0.254 e. The Bertz CT molecular complexity index is 747. The van der Waals surface area contributed by atoms with Crippen LogP contribution in [0.25, 0.3) is 0 Å². The summed E-state index contributed by atoms with van der Waals surface area (Å²) in [7, 11) is 0. The highest BCUT2D eigenvalue weighted by Gasteiger charge is 2.12. The molecule has 1 amide bonds. The van der Waals surface area contributed by atoms with Gasteiger partial charge in [-0.3, -0.25) is 9.59 Å². The first-order valence-corrected chi connectivity index (χ1v) is 7.60. The minimum Gasteiger partial charge on any atom is -0.355 e. The van der Waals surface area contributed by atoms with E-state index in [1.165, 1.54) is 0 Å².